The number of hydrogen-bond acceptors (Lipinski definition) is 4. The van der Waals surface area contributed by atoms with Crippen molar-refractivity contribution in [3.8, 4) is 5.69 Å². The van der Waals surface area contributed by atoms with Gasteiger partial charge in [0.15, 0.2) is 11.0 Å². The molecule has 3 aromatic carbocycles. The molecule has 4 rings (SSSR count). The third-order valence-electron chi connectivity index (χ3n) is 4.93. The van der Waals surface area contributed by atoms with Gasteiger partial charge in [0.2, 0.25) is 0 Å². The van der Waals surface area contributed by atoms with Crippen LogP contribution in [0, 0.1) is 12.7 Å². The summed E-state index contributed by atoms with van der Waals surface area (Å²) >= 11 is 14.0. The Morgan fingerprint density at radius 1 is 1.06 bits per heavy atom. The lowest BCUT2D eigenvalue weighted by molar-refractivity contribution is 0.0949. The van der Waals surface area contributed by atoms with Crippen LogP contribution >= 0.6 is 35.0 Å². The van der Waals surface area contributed by atoms with Crippen molar-refractivity contribution in [2.45, 2.75) is 24.4 Å². The first kappa shape index (κ1) is 23.3. The van der Waals surface area contributed by atoms with Gasteiger partial charge in [-0.15, -0.1) is 10.2 Å². The summed E-state index contributed by atoms with van der Waals surface area (Å²) in [4.78, 5) is 12.7. The zero-order valence-corrected chi connectivity index (χ0v) is 19.9. The minimum Gasteiger partial charge on any atom is -0.345 e. The molecule has 1 aromatic heterocycles. The van der Waals surface area contributed by atoms with Gasteiger partial charge in [0.1, 0.15) is 5.82 Å². The molecule has 9 heteroatoms. The van der Waals surface area contributed by atoms with E-state index >= 15 is 0 Å². The van der Waals surface area contributed by atoms with Crippen molar-refractivity contribution in [1.82, 2.24) is 20.1 Å². The molecule has 0 aliphatic rings. The molecule has 0 radical (unpaired) electrons. The zero-order valence-electron chi connectivity index (χ0n) is 17.6. The lowest BCUT2D eigenvalue weighted by Crippen LogP contribution is -2.25. The maximum Gasteiger partial charge on any atom is 0.251 e. The second-order valence-corrected chi connectivity index (χ2v) is 9.03. The van der Waals surface area contributed by atoms with E-state index in [0.717, 1.165) is 11.1 Å². The van der Waals surface area contributed by atoms with Crippen LogP contribution in [0.25, 0.3) is 5.69 Å². The van der Waals surface area contributed by atoms with Crippen LogP contribution in [0.5, 0.6) is 0 Å². The number of carbonyl (C=O) groups is 1. The Hall–Kier alpha value is -2.87. The van der Waals surface area contributed by atoms with E-state index in [1.807, 2.05) is 25.1 Å². The number of aryl methyl sites for hydroxylation is 1. The minimum absolute atomic E-state index is 0.149. The maximum absolute atomic E-state index is 13.2. The molecular weight excluding hydrogens is 482 g/mol. The van der Waals surface area contributed by atoms with Crippen LogP contribution in [-0.2, 0) is 12.3 Å². The highest BCUT2D eigenvalue weighted by atomic mass is 35.5. The predicted molar refractivity (Wildman–Crippen MR) is 130 cm³/mol. The first-order valence-electron chi connectivity index (χ1n) is 10.0. The molecule has 0 aliphatic heterocycles. The van der Waals surface area contributed by atoms with Crippen molar-refractivity contribution < 1.29 is 9.18 Å². The van der Waals surface area contributed by atoms with Crippen LogP contribution < -0.4 is 5.32 Å². The standard InChI is InChI=1S/C24H19Cl2FN4OS/c1-15-4-2-3-5-19(15)23(32)28-13-22-29-30-24(33-14-16-6-9-18(27)10-7-16)31(22)21-11-8-17(25)12-20(21)26/h2-12H,13-14H2,1H3,(H,28,32). The predicted octanol–water partition coefficient (Wildman–Crippen LogP) is 6.24. The van der Waals surface area contributed by atoms with Gasteiger partial charge in [-0.05, 0) is 54.4 Å². The third-order valence-corrected chi connectivity index (χ3v) is 6.47. The van der Waals surface area contributed by atoms with Gasteiger partial charge in [0.25, 0.3) is 5.91 Å². The van der Waals surface area contributed by atoms with Gasteiger partial charge in [-0.1, -0.05) is 65.3 Å². The number of thioether (sulfide) groups is 1. The highest BCUT2D eigenvalue weighted by molar-refractivity contribution is 7.98. The zero-order chi connectivity index (χ0) is 23.4. The topological polar surface area (TPSA) is 59.8 Å². The third kappa shape index (κ3) is 5.55. The Kier molecular flexibility index (Phi) is 7.33. The summed E-state index contributed by atoms with van der Waals surface area (Å²) in [5, 5.41) is 13.0. The molecule has 0 atom stereocenters. The van der Waals surface area contributed by atoms with E-state index in [1.165, 1.54) is 23.9 Å². The molecule has 1 heterocycles. The molecule has 1 amide bonds. The first-order chi connectivity index (χ1) is 15.9. The molecule has 0 unspecified atom stereocenters. The second kappa shape index (κ2) is 10.4. The number of carbonyl (C=O) groups excluding carboxylic acids is 1. The van der Waals surface area contributed by atoms with Crippen LogP contribution in [0.1, 0.15) is 27.3 Å². The van der Waals surface area contributed by atoms with Gasteiger partial charge in [0.05, 0.1) is 17.3 Å². The Morgan fingerprint density at radius 3 is 2.55 bits per heavy atom. The summed E-state index contributed by atoms with van der Waals surface area (Å²) in [7, 11) is 0. The van der Waals surface area contributed by atoms with Gasteiger partial charge in [-0.3, -0.25) is 9.36 Å². The summed E-state index contributed by atoms with van der Waals surface area (Å²) in [6.07, 6.45) is 0. The van der Waals surface area contributed by atoms with E-state index in [0.29, 0.717) is 38.0 Å². The number of rotatable bonds is 7. The normalized spacial score (nSPS) is 10.9. The summed E-state index contributed by atoms with van der Waals surface area (Å²) in [5.41, 5.74) is 3.06. The number of amides is 1. The van der Waals surface area contributed by atoms with Crippen LogP contribution in [0.4, 0.5) is 4.39 Å². The smallest absolute Gasteiger partial charge is 0.251 e. The van der Waals surface area contributed by atoms with Gasteiger partial charge in [0, 0.05) is 16.3 Å². The summed E-state index contributed by atoms with van der Waals surface area (Å²) in [6, 6.07) is 18.8. The highest BCUT2D eigenvalue weighted by Gasteiger charge is 2.18. The monoisotopic (exact) mass is 500 g/mol. The van der Waals surface area contributed by atoms with Crippen molar-refractivity contribution >= 4 is 40.9 Å². The number of halogens is 3. The largest absolute Gasteiger partial charge is 0.345 e. The van der Waals surface area contributed by atoms with Crippen LogP contribution in [-0.4, -0.2) is 20.7 Å². The maximum atomic E-state index is 13.2. The summed E-state index contributed by atoms with van der Waals surface area (Å²) < 4.78 is 15.0. The van der Waals surface area contributed by atoms with E-state index < -0.39 is 0 Å². The Labute approximate surface area is 204 Å². The molecule has 0 saturated heterocycles. The van der Waals surface area contributed by atoms with E-state index in [1.54, 1.807) is 41.0 Å². The van der Waals surface area contributed by atoms with Gasteiger partial charge in [-0.2, -0.15) is 0 Å². The van der Waals surface area contributed by atoms with Gasteiger partial charge >= 0.3 is 0 Å². The van der Waals surface area contributed by atoms with Crippen LogP contribution in [0.3, 0.4) is 0 Å². The van der Waals surface area contributed by atoms with Crippen molar-refractivity contribution in [3.63, 3.8) is 0 Å². The molecule has 5 nitrogen and oxygen atoms in total. The lowest BCUT2D eigenvalue weighted by Gasteiger charge is -2.13. The highest BCUT2D eigenvalue weighted by Crippen LogP contribution is 2.30. The molecule has 4 aromatic rings. The quantitative estimate of drug-likeness (QED) is 0.305. The van der Waals surface area contributed by atoms with Crippen molar-refractivity contribution in [2.24, 2.45) is 0 Å². The molecule has 0 spiro atoms. The van der Waals surface area contributed by atoms with Crippen molar-refractivity contribution in [1.29, 1.82) is 0 Å². The second-order valence-electron chi connectivity index (χ2n) is 7.24. The fraction of sp³-hybridized carbons (Fsp3) is 0.125. The minimum atomic E-state index is -0.286. The molecule has 0 saturated carbocycles. The molecular formula is C24H19Cl2FN4OS. The molecule has 1 N–H and O–H groups in total. The van der Waals surface area contributed by atoms with E-state index in [2.05, 4.69) is 15.5 Å². The first-order valence-corrected chi connectivity index (χ1v) is 11.8. The number of aromatic nitrogens is 3. The number of hydrogen-bond donors (Lipinski definition) is 1. The van der Waals surface area contributed by atoms with E-state index in [9.17, 15) is 9.18 Å². The van der Waals surface area contributed by atoms with Gasteiger partial charge < -0.3 is 5.32 Å². The fourth-order valence-electron chi connectivity index (χ4n) is 3.22. The molecule has 0 fully saturated rings. The lowest BCUT2D eigenvalue weighted by atomic mass is 10.1. The number of benzene rings is 3. The summed E-state index contributed by atoms with van der Waals surface area (Å²) in [6.45, 7) is 2.03. The Morgan fingerprint density at radius 2 is 1.82 bits per heavy atom. The number of nitrogens with one attached hydrogen (secondary N) is 1. The van der Waals surface area contributed by atoms with Crippen molar-refractivity contribution in [3.05, 3.63) is 105 Å². The average Bonchev–Trinajstić information content (AvgIpc) is 3.20. The molecule has 0 bridgehead atoms. The number of nitrogens with zero attached hydrogens (tertiary/aromatic N) is 3. The molecule has 33 heavy (non-hydrogen) atoms. The van der Waals surface area contributed by atoms with E-state index in [4.69, 9.17) is 23.2 Å². The fourth-order valence-corrected chi connectivity index (χ4v) is 4.64. The Balaban J connectivity index is 1.61. The Bertz CT molecular complexity index is 1290. The summed E-state index contributed by atoms with van der Waals surface area (Å²) in [5.74, 6) is 0.582. The van der Waals surface area contributed by atoms with Crippen LogP contribution in [0.15, 0.2) is 71.9 Å². The molecule has 0 aliphatic carbocycles. The van der Waals surface area contributed by atoms with Gasteiger partial charge in [-0.25, -0.2) is 4.39 Å². The van der Waals surface area contributed by atoms with Crippen molar-refractivity contribution in [2.75, 3.05) is 0 Å². The molecule has 168 valence electrons. The van der Waals surface area contributed by atoms with Crippen LogP contribution in [0.2, 0.25) is 10.0 Å². The average molecular weight is 501 g/mol. The van der Waals surface area contributed by atoms with E-state index in [-0.39, 0.29) is 18.3 Å². The SMILES string of the molecule is Cc1ccccc1C(=O)NCc1nnc(SCc2ccc(F)cc2)n1-c1ccc(Cl)cc1Cl.